The first-order chi connectivity index (χ1) is 6.29. The van der Waals surface area contributed by atoms with Crippen LogP contribution in [0, 0.1) is 6.92 Å². The summed E-state index contributed by atoms with van der Waals surface area (Å²) in [5.74, 6) is 0.345. The van der Waals surface area contributed by atoms with Gasteiger partial charge in [-0.15, -0.1) is 11.3 Å². The molecule has 5 heteroatoms. The SMILES string of the molecule is Cc1cc(NS(C)(=O)=O)c(C(C)C)s1. The van der Waals surface area contributed by atoms with E-state index in [-0.39, 0.29) is 0 Å². The summed E-state index contributed by atoms with van der Waals surface area (Å²) in [5, 5.41) is 0. The van der Waals surface area contributed by atoms with Crippen LogP contribution in [0.2, 0.25) is 0 Å². The summed E-state index contributed by atoms with van der Waals surface area (Å²) in [6, 6.07) is 1.88. The van der Waals surface area contributed by atoms with E-state index in [1.165, 1.54) is 6.26 Å². The summed E-state index contributed by atoms with van der Waals surface area (Å²) in [6.07, 6.45) is 1.17. The van der Waals surface area contributed by atoms with Gasteiger partial charge in [0, 0.05) is 9.75 Å². The van der Waals surface area contributed by atoms with Gasteiger partial charge in [0.2, 0.25) is 10.0 Å². The van der Waals surface area contributed by atoms with Crippen LogP contribution in [-0.4, -0.2) is 14.7 Å². The maximum absolute atomic E-state index is 11.1. The fourth-order valence-electron chi connectivity index (χ4n) is 1.24. The fraction of sp³-hybridized carbons (Fsp3) is 0.556. The summed E-state index contributed by atoms with van der Waals surface area (Å²) in [4.78, 5) is 2.22. The van der Waals surface area contributed by atoms with Gasteiger partial charge in [-0.05, 0) is 18.9 Å². The molecule has 0 aliphatic rings. The molecular formula is C9H15NO2S2. The second-order valence-electron chi connectivity index (χ2n) is 3.66. The second kappa shape index (κ2) is 3.90. The lowest BCUT2D eigenvalue weighted by molar-refractivity contribution is 0.606. The molecule has 1 aromatic heterocycles. The van der Waals surface area contributed by atoms with Gasteiger partial charge in [-0.3, -0.25) is 4.72 Å². The molecule has 80 valence electrons. The topological polar surface area (TPSA) is 46.2 Å². The van der Waals surface area contributed by atoms with E-state index in [9.17, 15) is 8.42 Å². The predicted octanol–water partition coefficient (Wildman–Crippen LogP) is 2.55. The van der Waals surface area contributed by atoms with Crippen molar-refractivity contribution in [2.45, 2.75) is 26.7 Å². The third-order valence-corrected chi connectivity index (χ3v) is 3.65. The molecule has 0 aliphatic heterocycles. The molecule has 0 fully saturated rings. The molecular weight excluding hydrogens is 218 g/mol. The predicted molar refractivity (Wildman–Crippen MR) is 61.6 cm³/mol. The van der Waals surface area contributed by atoms with Crippen molar-refractivity contribution < 1.29 is 8.42 Å². The molecule has 1 N–H and O–H groups in total. The van der Waals surface area contributed by atoms with E-state index in [1.807, 2.05) is 13.0 Å². The average Bonchev–Trinajstić information content (AvgIpc) is 2.27. The van der Waals surface area contributed by atoms with Crippen LogP contribution < -0.4 is 4.72 Å². The van der Waals surface area contributed by atoms with Crippen molar-refractivity contribution in [1.29, 1.82) is 0 Å². The molecule has 3 nitrogen and oxygen atoms in total. The van der Waals surface area contributed by atoms with Crippen molar-refractivity contribution in [3.05, 3.63) is 15.8 Å². The zero-order valence-electron chi connectivity index (χ0n) is 8.79. The van der Waals surface area contributed by atoms with E-state index in [2.05, 4.69) is 18.6 Å². The molecule has 1 heterocycles. The van der Waals surface area contributed by atoms with Crippen LogP contribution in [0.25, 0.3) is 0 Å². The van der Waals surface area contributed by atoms with E-state index < -0.39 is 10.0 Å². The molecule has 0 saturated heterocycles. The van der Waals surface area contributed by atoms with Crippen LogP contribution in [0.15, 0.2) is 6.07 Å². The van der Waals surface area contributed by atoms with Crippen LogP contribution in [0.5, 0.6) is 0 Å². The summed E-state index contributed by atoms with van der Waals surface area (Å²) < 4.78 is 24.7. The van der Waals surface area contributed by atoms with Crippen LogP contribution in [0.3, 0.4) is 0 Å². The number of thiophene rings is 1. The molecule has 0 saturated carbocycles. The summed E-state index contributed by atoms with van der Waals surface area (Å²) >= 11 is 1.64. The van der Waals surface area contributed by atoms with Crippen LogP contribution in [0.1, 0.15) is 29.5 Å². The summed E-state index contributed by atoms with van der Waals surface area (Å²) in [6.45, 7) is 6.08. The van der Waals surface area contributed by atoms with Gasteiger partial charge in [-0.1, -0.05) is 13.8 Å². The van der Waals surface area contributed by atoms with Gasteiger partial charge < -0.3 is 0 Å². The molecule has 0 amide bonds. The lowest BCUT2D eigenvalue weighted by atomic mass is 10.1. The van der Waals surface area contributed by atoms with Gasteiger partial charge in [-0.25, -0.2) is 8.42 Å². The highest BCUT2D eigenvalue weighted by Gasteiger charge is 2.13. The Morgan fingerprint density at radius 1 is 1.43 bits per heavy atom. The maximum atomic E-state index is 11.1. The number of hydrogen-bond donors (Lipinski definition) is 1. The van der Waals surface area contributed by atoms with Gasteiger partial charge in [0.25, 0.3) is 0 Å². The second-order valence-corrected chi connectivity index (χ2v) is 6.70. The quantitative estimate of drug-likeness (QED) is 0.872. The average molecular weight is 233 g/mol. The van der Waals surface area contributed by atoms with Crippen LogP contribution in [-0.2, 0) is 10.0 Å². The van der Waals surface area contributed by atoms with E-state index in [0.29, 0.717) is 5.92 Å². The Morgan fingerprint density at radius 3 is 2.43 bits per heavy atom. The standard InChI is InChI=1S/C9H15NO2S2/c1-6(2)9-8(5-7(3)13-9)10-14(4,11)12/h5-6,10H,1-4H3. The molecule has 0 bridgehead atoms. The summed E-state index contributed by atoms with van der Waals surface area (Å²) in [7, 11) is -3.16. The number of nitrogens with one attached hydrogen (secondary N) is 1. The normalized spacial score (nSPS) is 12.1. The van der Waals surface area contributed by atoms with Crippen LogP contribution >= 0.6 is 11.3 Å². The van der Waals surface area contributed by atoms with Gasteiger partial charge >= 0.3 is 0 Å². The van der Waals surface area contributed by atoms with Crippen molar-refractivity contribution in [2.75, 3.05) is 11.0 Å². The Kier molecular flexibility index (Phi) is 3.21. The number of hydrogen-bond acceptors (Lipinski definition) is 3. The van der Waals surface area contributed by atoms with Crippen molar-refractivity contribution in [2.24, 2.45) is 0 Å². The van der Waals surface area contributed by atoms with E-state index >= 15 is 0 Å². The maximum Gasteiger partial charge on any atom is 0.229 e. The van der Waals surface area contributed by atoms with Crippen molar-refractivity contribution in [1.82, 2.24) is 0 Å². The highest BCUT2D eigenvalue weighted by Crippen LogP contribution is 2.33. The Labute approximate surface area is 89.2 Å². The third-order valence-electron chi connectivity index (χ3n) is 1.70. The fourth-order valence-corrected chi connectivity index (χ4v) is 2.85. The highest BCUT2D eigenvalue weighted by molar-refractivity contribution is 7.92. The minimum Gasteiger partial charge on any atom is -0.283 e. The van der Waals surface area contributed by atoms with Crippen LogP contribution in [0.4, 0.5) is 5.69 Å². The van der Waals surface area contributed by atoms with Crippen molar-refractivity contribution >= 4 is 27.0 Å². The Bertz CT molecular complexity index is 418. The number of aryl methyl sites for hydroxylation is 1. The lowest BCUT2D eigenvalue weighted by Gasteiger charge is -2.07. The largest absolute Gasteiger partial charge is 0.283 e. The Hall–Kier alpha value is -0.550. The van der Waals surface area contributed by atoms with Crippen molar-refractivity contribution in [3.8, 4) is 0 Å². The first-order valence-corrected chi connectivity index (χ1v) is 7.08. The van der Waals surface area contributed by atoms with E-state index in [4.69, 9.17) is 0 Å². The molecule has 0 unspecified atom stereocenters. The highest BCUT2D eigenvalue weighted by atomic mass is 32.2. The minimum absolute atomic E-state index is 0.345. The van der Waals surface area contributed by atoms with Crippen molar-refractivity contribution in [3.63, 3.8) is 0 Å². The lowest BCUT2D eigenvalue weighted by Crippen LogP contribution is -2.10. The zero-order chi connectivity index (χ0) is 10.9. The summed E-state index contributed by atoms with van der Waals surface area (Å²) in [5.41, 5.74) is 0.727. The third kappa shape index (κ3) is 2.99. The first-order valence-electron chi connectivity index (χ1n) is 4.37. The van der Waals surface area contributed by atoms with E-state index in [1.54, 1.807) is 11.3 Å². The molecule has 0 aliphatic carbocycles. The molecule has 1 rings (SSSR count). The molecule has 0 aromatic carbocycles. The Balaban J connectivity index is 3.08. The molecule has 0 spiro atoms. The van der Waals surface area contributed by atoms with E-state index in [0.717, 1.165) is 15.4 Å². The number of anilines is 1. The van der Waals surface area contributed by atoms with Gasteiger partial charge in [0.1, 0.15) is 0 Å². The monoisotopic (exact) mass is 233 g/mol. The minimum atomic E-state index is -3.16. The van der Waals surface area contributed by atoms with Gasteiger partial charge in [0.15, 0.2) is 0 Å². The Morgan fingerprint density at radius 2 is 2.00 bits per heavy atom. The molecule has 0 atom stereocenters. The van der Waals surface area contributed by atoms with Gasteiger partial charge in [0.05, 0.1) is 11.9 Å². The first kappa shape index (κ1) is 11.5. The molecule has 0 radical (unpaired) electrons. The smallest absolute Gasteiger partial charge is 0.229 e. The van der Waals surface area contributed by atoms with Gasteiger partial charge in [-0.2, -0.15) is 0 Å². The molecule has 1 aromatic rings. The number of rotatable bonds is 3. The zero-order valence-corrected chi connectivity index (χ0v) is 10.4. The molecule has 14 heavy (non-hydrogen) atoms. The number of sulfonamides is 1.